The van der Waals surface area contributed by atoms with Crippen molar-refractivity contribution in [3.63, 3.8) is 0 Å². The topological polar surface area (TPSA) is 79.0 Å². The first-order valence-corrected chi connectivity index (χ1v) is 8.01. The number of ether oxygens (including phenoxy) is 1. The highest BCUT2D eigenvalue weighted by molar-refractivity contribution is 6.02. The molecule has 7 heteroatoms. The van der Waals surface area contributed by atoms with E-state index in [4.69, 9.17) is 4.74 Å². The van der Waals surface area contributed by atoms with Crippen LogP contribution in [0.4, 0.5) is 10.5 Å². The molecule has 24 heavy (non-hydrogen) atoms. The van der Waals surface area contributed by atoms with Crippen LogP contribution in [0.25, 0.3) is 0 Å². The first-order valence-electron chi connectivity index (χ1n) is 8.01. The van der Waals surface area contributed by atoms with Crippen molar-refractivity contribution in [1.29, 1.82) is 0 Å². The number of hydrogen-bond acceptors (Lipinski definition) is 4. The van der Waals surface area contributed by atoms with Crippen LogP contribution in [0.15, 0.2) is 24.3 Å². The number of methoxy groups -OCH3 is 1. The molecule has 1 fully saturated rings. The van der Waals surface area contributed by atoms with E-state index in [0.717, 1.165) is 11.3 Å². The Morgan fingerprint density at radius 2 is 1.96 bits per heavy atom. The molecule has 0 unspecified atom stereocenters. The molecule has 0 aliphatic carbocycles. The number of benzene rings is 1. The molecule has 130 valence electrons. The van der Waals surface area contributed by atoms with Crippen LogP contribution >= 0.6 is 0 Å². The number of imide groups is 1. The lowest BCUT2D eigenvalue weighted by Crippen LogP contribution is -2.56. The Morgan fingerprint density at radius 3 is 2.54 bits per heavy atom. The summed E-state index contributed by atoms with van der Waals surface area (Å²) < 4.78 is 5.05. The molecule has 1 N–H and O–H groups in total. The third-order valence-corrected chi connectivity index (χ3v) is 4.14. The van der Waals surface area contributed by atoms with Gasteiger partial charge in [-0.3, -0.25) is 14.5 Å². The second-order valence-corrected chi connectivity index (χ2v) is 5.74. The average Bonchev–Trinajstić information content (AvgIpc) is 2.58. The van der Waals surface area contributed by atoms with Gasteiger partial charge in [-0.1, -0.05) is 6.92 Å². The highest BCUT2D eigenvalue weighted by Crippen LogP contribution is 2.17. The zero-order valence-electron chi connectivity index (χ0n) is 14.2. The van der Waals surface area contributed by atoms with Crippen molar-refractivity contribution in [1.82, 2.24) is 9.80 Å². The third-order valence-electron chi connectivity index (χ3n) is 4.14. The predicted octanol–water partition coefficient (Wildman–Crippen LogP) is 2.09. The minimum atomic E-state index is -0.409. The van der Waals surface area contributed by atoms with Gasteiger partial charge in [-0.25, -0.2) is 4.79 Å². The van der Waals surface area contributed by atoms with E-state index in [1.54, 1.807) is 36.3 Å². The van der Waals surface area contributed by atoms with Gasteiger partial charge in [0.2, 0.25) is 11.8 Å². The number of nitrogens with zero attached hydrogens (tertiary/aromatic N) is 2. The predicted molar refractivity (Wildman–Crippen MR) is 89.8 cm³/mol. The Labute approximate surface area is 141 Å². The summed E-state index contributed by atoms with van der Waals surface area (Å²) in [4.78, 5) is 39.3. The van der Waals surface area contributed by atoms with Crippen LogP contribution in [0.2, 0.25) is 0 Å². The zero-order valence-corrected chi connectivity index (χ0v) is 14.2. The Kier molecular flexibility index (Phi) is 5.78. The van der Waals surface area contributed by atoms with Crippen LogP contribution < -0.4 is 10.1 Å². The molecule has 1 aliphatic rings. The van der Waals surface area contributed by atoms with Gasteiger partial charge in [0.25, 0.3) is 0 Å². The van der Waals surface area contributed by atoms with Gasteiger partial charge >= 0.3 is 6.03 Å². The quantitative estimate of drug-likeness (QED) is 0.864. The van der Waals surface area contributed by atoms with Crippen molar-refractivity contribution in [2.24, 2.45) is 0 Å². The van der Waals surface area contributed by atoms with Crippen molar-refractivity contribution >= 4 is 23.5 Å². The molecule has 0 bridgehead atoms. The maximum Gasteiger partial charge on any atom is 0.327 e. The zero-order chi connectivity index (χ0) is 17.7. The Bertz CT molecular complexity index is 615. The van der Waals surface area contributed by atoms with Crippen LogP contribution in [0, 0.1) is 0 Å². The molecule has 1 heterocycles. The summed E-state index contributed by atoms with van der Waals surface area (Å²) in [6.45, 7) is 4.04. The smallest absolute Gasteiger partial charge is 0.327 e. The van der Waals surface area contributed by atoms with Gasteiger partial charge in [-0.15, -0.1) is 0 Å². The van der Waals surface area contributed by atoms with Gasteiger partial charge in [0, 0.05) is 24.7 Å². The molecule has 0 saturated carbocycles. The monoisotopic (exact) mass is 333 g/mol. The minimum absolute atomic E-state index is 0.0396. The molecule has 7 nitrogen and oxygen atoms in total. The minimum Gasteiger partial charge on any atom is -0.497 e. The summed E-state index contributed by atoms with van der Waals surface area (Å²) in [5.74, 6) is -0.0455. The summed E-state index contributed by atoms with van der Waals surface area (Å²) in [6, 6.07) is 6.47. The SMILES string of the molecule is CC[C@H](C)N1CCC(=O)N(CC(=O)Nc2ccc(OC)cc2)C1=O. The number of anilines is 1. The van der Waals surface area contributed by atoms with E-state index in [1.165, 1.54) is 0 Å². The highest BCUT2D eigenvalue weighted by atomic mass is 16.5. The van der Waals surface area contributed by atoms with Gasteiger partial charge in [0.05, 0.1) is 7.11 Å². The van der Waals surface area contributed by atoms with E-state index in [9.17, 15) is 14.4 Å². The lowest BCUT2D eigenvalue weighted by Gasteiger charge is -2.37. The molecule has 0 radical (unpaired) electrons. The average molecular weight is 333 g/mol. The van der Waals surface area contributed by atoms with Gasteiger partial charge in [0.1, 0.15) is 12.3 Å². The van der Waals surface area contributed by atoms with Crippen molar-refractivity contribution in [3.8, 4) is 5.75 Å². The molecule has 0 aromatic heterocycles. The van der Waals surface area contributed by atoms with Crippen LogP contribution in [0.1, 0.15) is 26.7 Å². The molecule has 2 rings (SSSR count). The molecule has 1 saturated heterocycles. The lowest BCUT2D eigenvalue weighted by atomic mass is 10.1. The van der Waals surface area contributed by atoms with Crippen molar-refractivity contribution in [2.45, 2.75) is 32.7 Å². The molecule has 0 spiro atoms. The highest BCUT2D eigenvalue weighted by Gasteiger charge is 2.35. The fourth-order valence-corrected chi connectivity index (χ4v) is 2.51. The van der Waals surface area contributed by atoms with E-state index < -0.39 is 11.9 Å². The van der Waals surface area contributed by atoms with Crippen molar-refractivity contribution in [3.05, 3.63) is 24.3 Å². The second-order valence-electron chi connectivity index (χ2n) is 5.74. The number of hydrogen-bond donors (Lipinski definition) is 1. The molecular formula is C17H23N3O4. The van der Waals surface area contributed by atoms with Gasteiger partial charge in [-0.2, -0.15) is 0 Å². The fourth-order valence-electron chi connectivity index (χ4n) is 2.51. The van der Waals surface area contributed by atoms with E-state index in [2.05, 4.69) is 5.32 Å². The van der Waals surface area contributed by atoms with Crippen LogP contribution in [0.5, 0.6) is 5.75 Å². The maximum absolute atomic E-state index is 12.4. The number of carbonyl (C=O) groups excluding carboxylic acids is 3. The molecule has 1 atom stereocenters. The number of urea groups is 1. The maximum atomic E-state index is 12.4. The van der Waals surface area contributed by atoms with Crippen molar-refractivity contribution in [2.75, 3.05) is 25.5 Å². The molecule has 1 aromatic rings. The third kappa shape index (κ3) is 4.04. The summed E-state index contributed by atoms with van der Waals surface area (Å²) in [6.07, 6.45) is 1.04. The summed E-state index contributed by atoms with van der Waals surface area (Å²) in [5.41, 5.74) is 0.580. The molecule has 4 amide bonds. The van der Waals surface area contributed by atoms with E-state index >= 15 is 0 Å². The largest absolute Gasteiger partial charge is 0.497 e. The Morgan fingerprint density at radius 1 is 1.29 bits per heavy atom. The molecule has 1 aliphatic heterocycles. The lowest BCUT2D eigenvalue weighted by molar-refractivity contribution is -0.134. The van der Waals surface area contributed by atoms with Crippen LogP contribution in [0.3, 0.4) is 0 Å². The number of rotatable bonds is 6. The van der Waals surface area contributed by atoms with E-state index in [-0.39, 0.29) is 24.9 Å². The number of nitrogens with one attached hydrogen (secondary N) is 1. The summed E-state index contributed by atoms with van der Waals surface area (Å²) in [7, 11) is 1.56. The van der Waals surface area contributed by atoms with E-state index in [1.807, 2.05) is 13.8 Å². The normalized spacial score (nSPS) is 16.1. The summed E-state index contributed by atoms with van der Waals surface area (Å²) >= 11 is 0. The Hall–Kier alpha value is -2.57. The van der Waals surface area contributed by atoms with Gasteiger partial charge in [0.15, 0.2) is 0 Å². The molecular weight excluding hydrogens is 310 g/mol. The number of carbonyl (C=O) groups is 3. The first-order chi connectivity index (χ1) is 11.5. The summed E-state index contributed by atoms with van der Waals surface area (Å²) in [5, 5.41) is 2.68. The van der Waals surface area contributed by atoms with Gasteiger partial charge < -0.3 is 15.0 Å². The van der Waals surface area contributed by atoms with Crippen molar-refractivity contribution < 1.29 is 19.1 Å². The first kappa shape index (κ1) is 17.8. The van der Waals surface area contributed by atoms with Crippen LogP contribution in [-0.2, 0) is 9.59 Å². The van der Waals surface area contributed by atoms with Gasteiger partial charge in [-0.05, 0) is 37.6 Å². The number of amides is 4. The second kappa shape index (κ2) is 7.81. The van der Waals surface area contributed by atoms with E-state index in [0.29, 0.717) is 18.0 Å². The standard InChI is InChI=1S/C17H23N3O4/c1-4-12(2)19-10-9-16(22)20(17(19)23)11-15(21)18-13-5-7-14(24-3)8-6-13/h5-8,12H,4,9-11H2,1-3H3,(H,18,21)/t12-/m0/s1. The molecule has 1 aromatic carbocycles. The van der Waals surface area contributed by atoms with Crippen LogP contribution in [-0.4, -0.2) is 53.9 Å². The fraction of sp³-hybridized carbons (Fsp3) is 0.471. The Balaban J connectivity index is 2.00.